The van der Waals surface area contributed by atoms with Crippen molar-refractivity contribution in [2.45, 2.75) is 11.3 Å². The maximum absolute atomic E-state index is 5.81. The van der Waals surface area contributed by atoms with E-state index in [1.165, 1.54) is 4.90 Å². The second-order valence-corrected chi connectivity index (χ2v) is 5.00. The van der Waals surface area contributed by atoms with Crippen molar-refractivity contribution in [3.63, 3.8) is 0 Å². The second kappa shape index (κ2) is 8.88. The molecule has 2 nitrogen and oxygen atoms in total. The summed E-state index contributed by atoms with van der Waals surface area (Å²) in [5.41, 5.74) is 0. The zero-order chi connectivity index (χ0) is 11.6. The van der Waals surface area contributed by atoms with Gasteiger partial charge in [0.1, 0.15) is 0 Å². The fourth-order valence-electron chi connectivity index (χ4n) is 1.22. The average molecular weight is 260 g/mol. The number of halogens is 1. The fraction of sp³-hybridized carbons (Fsp3) is 0.500. The van der Waals surface area contributed by atoms with E-state index in [1.807, 2.05) is 23.9 Å². The standard InChI is InChI=1S/C12H18ClNOS/c1-15-9-8-14-7-2-10-16-12-5-3-11(13)4-6-12/h3-6,14H,2,7-10H2,1H3. The van der Waals surface area contributed by atoms with Gasteiger partial charge in [0.2, 0.25) is 0 Å². The van der Waals surface area contributed by atoms with E-state index < -0.39 is 0 Å². The molecule has 0 aliphatic rings. The number of methoxy groups -OCH3 is 1. The summed E-state index contributed by atoms with van der Waals surface area (Å²) in [6, 6.07) is 7.98. The van der Waals surface area contributed by atoms with Crippen LogP contribution in [0.5, 0.6) is 0 Å². The molecule has 0 amide bonds. The first-order valence-electron chi connectivity index (χ1n) is 5.41. The number of ether oxygens (including phenoxy) is 1. The number of rotatable bonds is 8. The summed E-state index contributed by atoms with van der Waals surface area (Å²) in [6.07, 6.45) is 1.16. The Morgan fingerprint density at radius 1 is 1.25 bits per heavy atom. The lowest BCUT2D eigenvalue weighted by molar-refractivity contribution is 0.199. The lowest BCUT2D eigenvalue weighted by Crippen LogP contribution is -2.20. The molecule has 0 spiro atoms. The summed E-state index contributed by atoms with van der Waals surface area (Å²) in [5.74, 6) is 1.13. The van der Waals surface area contributed by atoms with Crippen LogP contribution in [0.4, 0.5) is 0 Å². The van der Waals surface area contributed by atoms with Gasteiger partial charge in [-0.1, -0.05) is 11.6 Å². The van der Waals surface area contributed by atoms with E-state index in [1.54, 1.807) is 7.11 Å². The molecule has 1 aromatic rings. The van der Waals surface area contributed by atoms with Crippen LogP contribution in [0.15, 0.2) is 29.2 Å². The van der Waals surface area contributed by atoms with Crippen LogP contribution in [0.1, 0.15) is 6.42 Å². The van der Waals surface area contributed by atoms with E-state index >= 15 is 0 Å². The zero-order valence-corrected chi connectivity index (χ0v) is 11.1. The number of benzene rings is 1. The number of nitrogens with one attached hydrogen (secondary N) is 1. The Balaban J connectivity index is 2.01. The average Bonchev–Trinajstić information content (AvgIpc) is 2.30. The van der Waals surface area contributed by atoms with Gasteiger partial charge in [-0.05, 0) is 43.0 Å². The minimum absolute atomic E-state index is 0.782. The first-order valence-corrected chi connectivity index (χ1v) is 6.77. The smallest absolute Gasteiger partial charge is 0.0587 e. The van der Waals surface area contributed by atoms with Gasteiger partial charge in [-0.25, -0.2) is 0 Å². The molecular formula is C12H18ClNOS. The summed E-state index contributed by atoms with van der Waals surface area (Å²) in [5, 5.41) is 4.12. The van der Waals surface area contributed by atoms with Gasteiger partial charge in [0, 0.05) is 23.6 Å². The van der Waals surface area contributed by atoms with Gasteiger partial charge < -0.3 is 10.1 Å². The van der Waals surface area contributed by atoms with Crippen molar-refractivity contribution in [2.24, 2.45) is 0 Å². The third-order valence-corrected chi connectivity index (χ3v) is 3.41. The molecule has 1 N–H and O–H groups in total. The second-order valence-electron chi connectivity index (χ2n) is 3.40. The van der Waals surface area contributed by atoms with Gasteiger partial charge in [0.05, 0.1) is 6.61 Å². The molecule has 0 fully saturated rings. The largest absolute Gasteiger partial charge is 0.383 e. The molecule has 0 aliphatic heterocycles. The van der Waals surface area contributed by atoms with Gasteiger partial charge in [0.25, 0.3) is 0 Å². The monoisotopic (exact) mass is 259 g/mol. The molecule has 1 rings (SSSR count). The Labute approximate surface area is 107 Å². The van der Waals surface area contributed by atoms with Gasteiger partial charge in [-0.3, -0.25) is 0 Å². The van der Waals surface area contributed by atoms with Crippen LogP contribution in [0.3, 0.4) is 0 Å². The lowest BCUT2D eigenvalue weighted by atomic mass is 10.4. The predicted molar refractivity (Wildman–Crippen MR) is 71.5 cm³/mol. The number of hydrogen-bond acceptors (Lipinski definition) is 3. The van der Waals surface area contributed by atoms with Crippen LogP contribution in [0.25, 0.3) is 0 Å². The van der Waals surface area contributed by atoms with Crippen LogP contribution in [0.2, 0.25) is 5.02 Å². The summed E-state index contributed by atoms with van der Waals surface area (Å²) >= 11 is 7.68. The summed E-state index contributed by atoms with van der Waals surface area (Å²) in [6.45, 7) is 2.76. The van der Waals surface area contributed by atoms with Gasteiger partial charge in [0.15, 0.2) is 0 Å². The zero-order valence-electron chi connectivity index (χ0n) is 9.54. The first-order chi connectivity index (χ1) is 7.83. The molecule has 16 heavy (non-hydrogen) atoms. The van der Waals surface area contributed by atoms with E-state index in [0.717, 1.165) is 36.9 Å². The molecule has 0 saturated carbocycles. The Kier molecular flexibility index (Phi) is 7.68. The number of hydrogen-bond donors (Lipinski definition) is 1. The van der Waals surface area contributed by atoms with Gasteiger partial charge in [-0.15, -0.1) is 11.8 Å². The minimum Gasteiger partial charge on any atom is -0.383 e. The van der Waals surface area contributed by atoms with Crippen molar-refractivity contribution < 1.29 is 4.74 Å². The van der Waals surface area contributed by atoms with E-state index in [-0.39, 0.29) is 0 Å². The van der Waals surface area contributed by atoms with Gasteiger partial charge >= 0.3 is 0 Å². The summed E-state index contributed by atoms with van der Waals surface area (Å²) in [7, 11) is 1.72. The van der Waals surface area contributed by atoms with Crippen molar-refractivity contribution in [1.82, 2.24) is 5.32 Å². The lowest BCUT2D eigenvalue weighted by Gasteiger charge is -2.04. The van der Waals surface area contributed by atoms with Crippen LogP contribution in [0, 0.1) is 0 Å². The highest BCUT2D eigenvalue weighted by Gasteiger charge is 1.94. The Bertz CT molecular complexity index is 279. The summed E-state index contributed by atoms with van der Waals surface area (Å²) < 4.78 is 4.95. The van der Waals surface area contributed by atoms with Crippen molar-refractivity contribution in [3.05, 3.63) is 29.3 Å². The van der Waals surface area contributed by atoms with Crippen LogP contribution in [-0.2, 0) is 4.74 Å². The van der Waals surface area contributed by atoms with Crippen molar-refractivity contribution in [3.8, 4) is 0 Å². The van der Waals surface area contributed by atoms with Crippen molar-refractivity contribution in [1.29, 1.82) is 0 Å². The molecule has 0 unspecified atom stereocenters. The van der Waals surface area contributed by atoms with Crippen LogP contribution in [-0.4, -0.2) is 32.6 Å². The molecule has 0 saturated heterocycles. The quantitative estimate of drug-likeness (QED) is 0.573. The van der Waals surface area contributed by atoms with E-state index in [2.05, 4.69) is 17.4 Å². The van der Waals surface area contributed by atoms with Crippen molar-refractivity contribution >= 4 is 23.4 Å². The highest BCUT2D eigenvalue weighted by Crippen LogP contribution is 2.20. The molecule has 4 heteroatoms. The third-order valence-electron chi connectivity index (χ3n) is 2.06. The molecule has 90 valence electrons. The molecular weight excluding hydrogens is 242 g/mol. The molecule has 0 aromatic heterocycles. The van der Waals surface area contributed by atoms with E-state index in [9.17, 15) is 0 Å². The molecule has 0 radical (unpaired) electrons. The Morgan fingerprint density at radius 2 is 2.00 bits per heavy atom. The highest BCUT2D eigenvalue weighted by atomic mass is 35.5. The van der Waals surface area contributed by atoms with Crippen LogP contribution >= 0.6 is 23.4 Å². The van der Waals surface area contributed by atoms with Crippen molar-refractivity contribution in [2.75, 3.05) is 32.6 Å². The predicted octanol–water partition coefficient (Wildman–Crippen LogP) is 3.06. The minimum atomic E-state index is 0.782. The van der Waals surface area contributed by atoms with E-state index in [0.29, 0.717) is 0 Å². The molecule has 0 atom stereocenters. The molecule has 1 aromatic carbocycles. The summed E-state index contributed by atoms with van der Waals surface area (Å²) in [4.78, 5) is 1.28. The third kappa shape index (κ3) is 6.38. The van der Waals surface area contributed by atoms with Gasteiger partial charge in [-0.2, -0.15) is 0 Å². The molecule has 0 aliphatic carbocycles. The Hall–Kier alpha value is -0.220. The van der Waals surface area contributed by atoms with Crippen LogP contribution < -0.4 is 5.32 Å². The maximum atomic E-state index is 5.81. The SMILES string of the molecule is COCCNCCCSc1ccc(Cl)cc1. The highest BCUT2D eigenvalue weighted by molar-refractivity contribution is 7.99. The Morgan fingerprint density at radius 3 is 2.69 bits per heavy atom. The normalized spacial score (nSPS) is 10.6. The van der Waals surface area contributed by atoms with E-state index in [4.69, 9.17) is 16.3 Å². The molecule has 0 heterocycles. The first kappa shape index (κ1) is 13.8. The maximum Gasteiger partial charge on any atom is 0.0587 e. The topological polar surface area (TPSA) is 21.3 Å². The molecule has 0 bridgehead atoms. The number of thioether (sulfide) groups is 1. The fourth-order valence-corrected chi connectivity index (χ4v) is 2.20.